The predicted octanol–water partition coefficient (Wildman–Crippen LogP) is 1.33. The van der Waals surface area contributed by atoms with Gasteiger partial charge in [0.1, 0.15) is 5.82 Å². The maximum atomic E-state index is 12.6. The molecule has 3 amide bonds. The van der Waals surface area contributed by atoms with Crippen molar-refractivity contribution in [2.24, 2.45) is 0 Å². The summed E-state index contributed by atoms with van der Waals surface area (Å²) in [7, 11) is 0. The van der Waals surface area contributed by atoms with Gasteiger partial charge in [-0.05, 0) is 31.0 Å². The zero-order valence-electron chi connectivity index (χ0n) is 10.5. The minimum Gasteiger partial charge on any atom is -0.449 e. The molecule has 0 atom stereocenters. The molecule has 0 saturated carbocycles. The Hall–Kier alpha value is -2.31. The van der Waals surface area contributed by atoms with E-state index in [1.807, 2.05) is 0 Å². The van der Waals surface area contributed by atoms with Crippen molar-refractivity contribution in [3.8, 4) is 0 Å². The molecule has 0 aliphatic rings. The lowest BCUT2D eigenvalue weighted by molar-refractivity contribution is 0.147. The number of halogens is 1. The molecule has 19 heavy (non-hydrogen) atoms. The first kappa shape index (κ1) is 14.7. The Kier molecular flexibility index (Phi) is 6.14. The van der Waals surface area contributed by atoms with Gasteiger partial charge in [-0.15, -0.1) is 0 Å². The smallest absolute Gasteiger partial charge is 0.426 e. The van der Waals surface area contributed by atoms with Gasteiger partial charge in [0.15, 0.2) is 0 Å². The van der Waals surface area contributed by atoms with E-state index in [0.717, 1.165) is 5.56 Å². The van der Waals surface area contributed by atoms with Crippen molar-refractivity contribution in [1.82, 2.24) is 16.2 Å². The Morgan fingerprint density at radius 2 is 1.89 bits per heavy atom. The number of amides is 3. The summed E-state index contributed by atoms with van der Waals surface area (Å²) in [5, 5.41) is 2.53. The highest BCUT2D eigenvalue weighted by Gasteiger charge is 2.03. The van der Waals surface area contributed by atoms with Gasteiger partial charge in [-0.25, -0.2) is 24.8 Å². The van der Waals surface area contributed by atoms with Crippen molar-refractivity contribution in [2.45, 2.75) is 13.3 Å². The normalized spacial score (nSPS) is 9.58. The van der Waals surface area contributed by atoms with E-state index in [4.69, 9.17) is 0 Å². The summed E-state index contributed by atoms with van der Waals surface area (Å²) in [5.74, 6) is -0.298. The molecular formula is C12H16FN3O3. The van der Waals surface area contributed by atoms with Crippen molar-refractivity contribution in [3.63, 3.8) is 0 Å². The molecule has 0 spiro atoms. The Balaban J connectivity index is 2.16. The molecule has 0 aromatic heterocycles. The number of hydrazine groups is 1. The molecule has 0 aliphatic heterocycles. The summed E-state index contributed by atoms with van der Waals surface area (Å²) < 4.78 is 17.2. The van der Waals surface area contributed by atoms with Gasteiger partial charge in [-0.2, -0.15) is 0 Å². The Labute approximate surface area is 110 Å². The molecule has 1 aromatic carbocycles. The first-order chi connectivity index (χ1) is 9.11. The quantitative estimate of drug-likeness (QED) is 0.721. The van der Waals surface area contributed by atoms with Crippen LogP contribution in [0.4, 0.5) is 14.0 Å². The van der Waals surface area contributed by atoms with Gasteiger partial charge in [0.25, 0.3) is 0 Å². The molecule has 1 aromatic rings. The summed E-state index contributed by atoms with van der Waals surface area (Å²) in [6.07, 6.45) is -0.163. The third-order valence-electron chi connectivity index (χ3n) is 2.17. The van der Waals surface area contributed by atoms with Crippen LogP contribution in [0.2, 0.25) is 0 Å². The molecule has 1 rings (SSSR count). The second-order valence-corrected chi connectivity index (χ2v) is 3.60. The number of nitrogens with one attached hydrogen (secondary N) is 3. The molecule has 0 radical (unpaired) electrons. The molecule has 6 nitrogen and oxygen atoms in total. The number of hydrogen-bond donors (Lipinski definition) is 3. The maximum absolute atomic E-state index is 12.6. The predicted molar refractivity (Wildman–Crippen MR) is 66.8 cm³/mol. The lowest BCUT2D eigenvalue weighted by Crippen LogP contribution is -2.47. The molecule has 0 fully saturated rings. The molecule has 0 bridgehead atoms. The van der Waals surface area contributed by atoms with Crippen LogP contribution in [0.3, 0.4) is 0 Å². The van der Waals surface area contributed by atoms with E-state index in [9.17, 15) is 14.0 Å². The van der Waals surface area contributed by atoms with E-state index >= 15 is 0 Å². The van der Waals surface area contributed by atoms with Crippen LogP contribution in [-0.4, -0.2) is 25.3 Å². The average Bonchev–Trinajstić information content (AvgIpc) is 2.39. The number of carbonyl (C=O) groups excluding carboxylic acids is 2. The van der Waals surface area contributed by atoms with Crippen LogP contribution in [-0.2, 0) is 11.2 Å². The lowest BCUT2D eigenvalue weighted by atomic mass is 10.1. The molecular weight excluding hydrogens is 253 g/mol. The van der Waals surface area contributed by atoms with Crippen molar-refractivity contribution in [2.75, 3.05) is 13.2 Å². The van der Waals surface area contributed by atoms with Gasteiger partial charge in [0.05, 0.1) is 6.61 Å². The molecule has 0 heterocycles. The SMILES string of the molecule is CCOC(=O)NNC(=O)NCCc1ccc(F)cc1. The van der Waals surface area contributed by atoms with Crippen molar-refractivity contribution >= 4 is 12.1 Å². The summed E-state index contributed by atoms with van der Waals surface area (Å²) in [4.78, 5) is 22.1. The lowest BCUT2D eigenvalue weighted by Gasteiger charge is -2.08. The zero-order valence-corrected chi connectivity index (χ0v) is 10.5. The summed E-state index contributed by atoms with van der Waals surface area (Å²) >= 11 is 0. The molecule has 0 saturated heterocycles. The topological polar surface area (TPSA) is 79.5 Å². The summed E-state index contributed by atoms with van der Waals surface area (Å²) in [5.41, 5.74) is 5.10. The monoisotopic (exact) mass is 269 g/mol. The van der Waals surface area contributed by atoms with Gasteiger partial charge in [-0.3, -0.25) is 0 Å². The number of urea groups is 1. The summed E-state index contributed by atoms with van der Waals surface area (Å²) in [6, 6.07) is 5.46. The van der Waals surface area contributed by atoms with Crippen LogP contribution >= 0.6 is 0 Å². The third kappa shape index (κ3) is 6.25. The first-order valence-corrected chi connectivity index (χ1v) is 5.83. The highest BCUT2D eigenvalue weighted by Crippen LogP contribution is 2.02. The Morgan fingerprint density at radius 1 is 1.21 bits per heavy atom. The maximum Gasteiger partial charge on any atom is 0.426 e. The summed E-state index contributed by atoms with van der Waals surface area (Å²) in [6.45, 7) is 2.24. The fourth-order valence-corrected chi connectivity index (χ4v) is 1.29. The highest BCUT2D eigenvalue weighted by atomic mass is 19.1. The van der Waals surface area contributed by atoms with Gasteiger partial charge >= 0.3 is 12.1 Å². The van der Waals surface area contributed by atoms with E-state index < -0.39 is 12.1 Å². The van der Waals surface area contributed by atoms with E-state index in [-0.39, 0.29) is 12.4 Å². The average molecular weight is 269 g/mol. The number of rotatable bonds is 4. The van der Waals surface area contributed by atoms with Gasteiger partial charge in [-0.1, -0.05) is 12.1 Å². The van der Waals surface area contributed by atoms with E-state index in [2.05, 4.69) is 20.9 Å². The Bertz CT molecular complexity index is 423. The highest BCUT2D eigenvalue weighted by molar-refractivity contribution is 5.77. The standard InChI is InChI=1S/C12H16FN3O3/c1-2-19-12(18)16-15-11(17)14-8-7-9-3-5-10(13)6-4-9/h3-6H,2,7-8H2,1H3,(H,16,18)(H2,14,15,17). The molecule has 0 unspecified atom stereocenters. The Morgan fingerprint density at radius 3 is 2.53 bits per heavy atom. The number of ether oxygens (including phenoxy) is 1. The fourth-order valence-electron chi connectivity index (χ4n) is 1.29. The number of carbonyl (C=O) groups is 2. The van der Waals surface area contributed by atoms with Gasteiger partial charge in [0.2, 0.25) is 0 Å². The number of hydrogen-bond acceptors (Lipinski definition) is 3. The van der Waals surface area contributed by atoms with Crippen LogP contribution in [0.5, 0.6) is 0 Å². The van der Waals surface area contributed by atoms with Crippen molar-refractivity contribution in [1.29, 1.82) is 0 Å². The van der Waals surface area contributed by atoms with Crippen LogP contribution in [0.25, 0.3) is 0 Å². The van der Waals surface area contributed by atoms with Gasteiger partial charge in [0, 0.05) is 6.54 Å². The second kappa shape index (κ2) is 7.91. The van der Waals surface area contributed by atoms with Crippen LogP contribution in [0, 0.1) is 5.82 Å². The van der Waals surface area contributed by atoms with Crippen molar-refractivity contribution in [3.05, 3.63) is 35.6 Å². The fraction of sp³-hybridized carbons (Fsp3) is 0.333. The minimum atomic E-state index is -0.726. The molecule has 7 heteroatoms. The van der Waals surface area contributed by atoms with E-state index in [1.165, 1.54) is 12.1 Å². The van der Waals surface area contributed by atoms with Crippen molar-refractivity contribution < 1.29 is 18.7 Å². The minimum absolute atomic E-state index is 0.222. The van der Waals surface area contributed by atoms with E-state index in [0.29, 0.717) is 13.0 Å². The second-order valence-electron chi connectivity index (χ2n) is 3.60. The zero-order chi connectivity index (χ0) is 14.1. The van der Waals surface area contributed by atoms with Gasteiger partial charge < -0.3 is 10.1 Å². The largest absolute Gasteiger partial charge is 0.449 e. The third-order valence-corrected chi connectivity index (χ3v) is 2.17. The first-order valence-electron chi connectivity index (χ1n) is 5.83. The van der Waals surface area contributed by atoms with Crippen LogP contribution < -0.4 is 16.2 Å². The van der Waals surface area contributed by atoms with E-state index in [1.54, 1.807) is 19.1 Å². The molecule has 3 N–H and O–H groups in total. The van der Waals surface area contributed by atoms with Crippen LogP contribution in [0.15, 0.2) is 24.3 Å². The number of benzene rings is 1. The van der Waals surface area contributed by atoms with Crippen LogP contribution in [0.1, 0.15) is 12.5 Å². The molecule has 0 aliphatic carbocycles. The molecule has 104 valence electrons.